The summed E-state index contributed by atoms with van der Waals surface area (Å²) in [6, 6.07) is 2.65. The van der Waals surface area contributed by atoms with Crippen LogP contribution in [0.5, 0.6) is 0 Å². The Kier molecular flexibility index (Phi) is 6.24. The number of amides is 1. The zero-order valence-corrected chi connectivity index (χ0v) is 12.5. The first-order valence-electron chi connectivity index (χ1n) is 7.29. The molecule has 1 aromatic rings. The van der Waals surface area contributed by atoms with Crippen LogP contribution in [0.1, 0.15) is 18.5 Å². The van der Waals surface area contributed by atoms with Gasteiger partial charge in [0, 0.05) is 25.5 Å². The van der Waals surface area contributed by atoms with Gasteiger partial charge in [0.15, 0.2) is 0 Å². The molecule has 1 amide bonds. The van der Waals surface area contributed by atoms with E-state index in [0.717, 1.165) is 0 Å². The number of nitrogens with zero attached hydrogens (tertiary/aromatic N) is 1. The van der Waals surface area contributed by atoms with Crippen molar-refractivity contribution in [3.63, 3.8) is 0 Å². The smallest absolute Gasteiger partial charge is 0.329 e. The summed E-state index contributed by atoms with van der Waals surface area (Å²) >= 11 is 0. The number of carboxylic acids is 1. The van der Waals surface area contributed by atoms with Crippen molar-refractivity contribution in [3.05, 3.63) is 28.2 Å². The summed E-state index contributed by atoms with van der Waals surface area (Å²) < 4.78 is 10.5. The SMILES string of the molecule is O=C(O)CO[C@@H]1COCC[C@H]1NC(=O)CCc1ccc(=O)[nH]n1. The fourth-order valence-electron chi connectivity index (χ4n) is 2.25. The second-order valence-electron chi connectivity index (χ2n) is 5.19. The molecule has 23 heavy (non-hydrogen) atoms. The molecule has 2 atom stereocenters. The summed E-state index contributed by atoms with van der Waals surface area (Å²) in [7, 11) is 0. The summed E-state index contributed by atoms with van der Waals surface area (Å²) in [4.78, 5) is 33.5. The quantitative estimate of drug-likeness (QED) is 0.591. The van der Waals surface area contributed by atoms with Crippen LogP contribution in [0, 0.1) is 0 Å². The van der Waals surface area contributed by atoms with E-state index < -0.39 is 18.7 Å². The van der Waals surface area contributed by atoms with Crippen molar-refractivity contribution >= 4 is 11.9 Å². The topological polar surface area (TPSA) is 131 Å². The molecule has 0 bridgehead atoms. The summed E-state index contributed by atoms with van der Waals surface area (Å²) in [6.07, 6.45) is 0.691. The Morgan fingerprint density at radius 2 is 2.30 bits per heavy atom. The van der Waals surface area contributed by atoms with Crippen molar-refractivity contribution in [2.24, 2.45) is 0 Å². The van der Waals surface area contributed by atoms with Crippen molar-refractivity contribution in [3.8, 4) is 0 Å². The largest absolute Gasteiger partial charge is 0.480 e. The number of hydrogen-bond donors (Lipinski definition) is 3. The van der Waals surface area contributed by atoms with E-state index in [2.05, 4.69) is 15.5 Å². The Balaban J connectivity index is 1.80. The third kappa shape index (κ3) is 5.80. The van der Waals surface area contributed by atoms with Crippen LogP contribution in [0.2, 0.25) is 0 Å². The number of aliphatic carboxylic acids is 1. The second kappa shape index (κ2) is 8.39. The number of carbonyl (C=O) groups is 2. The number of ether oxygens (including phenoxy) is 2. The van der Waals surface area contributed by atoms with Gasteiger partial charge in [-0.2, -0.15) is 5.10 Å². The Morgan fingerprint density at radius 1 is 1.48 bits per heavy atom. The third-order valence-corrected chi connectivity index (χ3v) is 3.42. The van der Waals surface area contributed by atoms with E-state index >= 15 is 0 Å². The molecular formula is C14H19N3O6. The van der Waals surface area contributed by atoms with Crippen LogP contribution in [-0.2, 0) is 25.5 Å². The van der Waals surface area contributed by atoms with Gasteiger partial charge in [-0.3, -0.25) is 9.59 Å². The van der Waals surface area contributed by atoms with Gasteiger partial charge in [-0.05, 0) is 12.5 Å². The number of carbonyl (C=O) groups excluding carboxylic acids is 1. The van der Waals surface area contributed by atoms with E-state index in [-0.39, 0.29) is 30.5 Å². The molecule has 0 spiro atoms. The molecule has 2 rings (SSSR count). The Labute approximate surface area is 132 Å². The summed E-state index contributed by atoms with van der Waals surface area (Å²) in [5.74, 6) is -1.25. The highest BCUT2D eigenvalue weighted by Gasteiger charge is 2.28. The van der Waals surface area contributed by atoms with Crippen LogP contribution in [-0.4, -0.2) is 59.1 Å². The van der Waals surface area contributed by atoms with Gasteiger partial charge >= 0.3 is 5.97 Å². The van der Waals surface area contributed by atoms with Crippen molar-refractivity contribution in [1.82, 2.24) is 15.5 Å². The second-order valence-corrected chi connectivity index (χ2v) is 5.19. The van der Waals surface area contributed by atoms with Crippen molar-refractivity contribution in [1.29, 1.82) is 0 Å². The minimum absolute atomic E-state index is 0.186. The maximum absolute atomic E-state index is 12.0. The number of aryl methyl sites for hydroxylation is 1. The van der Waals surface area contributed by atoms with E-state index in [9.17, 15) is 14.4 Å². The number of carboxylic acid groups (broad SMARTS) is 1. The number of H-pyrrole nitrogens is 1. The highest BCUT2D eigenvalue weighted by molar-refractivity contribution is 5.76. The van der Waals surface area contributed by atoms with E-state index in [1.807, 2.05) is 0 Å². The van der Waals surface area contributed by atoms with Crippen molar-refractivity contribution < 1.29 is 24.2 Å². The van der Waals surface area contributed by atoms with Gasteiger partial charge in [0.2, 0.25) is 5.91 Å². The Bertz CT molecular complexity index is 582. The van der Waals surface area contributed by atoms with E-state index in [1.54, 1.807) is 6.07 Å². The first kappa shape index (κ1) is 17.1. The van der Waals surface area contributed by atoms with Crippen LogP contribution in [0.4, 0.5) is 0 Å². The monoisotopic (exact) mass is 325 g/mol. The van der Waals surface area contributed by atoms with E-state index in [0.29, 0.717) is 25.1 Å². The fraction of sp³-hybridized carbons (Fsp3) is 0.571. The molecule has 126 valence electrons. The molecule has 0 saturated carbocycles. The van der Waals surface area contributed by atoms with Crippen molar-refractivity contribution in [2.45, 2.75) is 31.4 Å². The number of hydrogen-bond acceptors (Lipinski definition) is 6. The minimum atomic E-state index is -1.07. The Morgan fingerprint density at radius 3 is 3.00 bits per heavy atom. The highest BCUT2D eigenvalue weighted by Crippen LogP contribution is 2.12. The molecule has 9 heteroatoms. The van der Waals surface area contributed by atoms with Crippen LogP contribution in [0.25, 0.3) is 0 Å². The predicted molar refractivity (Wildman–Crippen MR) is 77.9 cm³/mol. The molecule has 2 heterocycles. The molecule has 0 radical (unpaired) electrons. The summed E-state index contributed by atoms with van der Waals surface area (Å²) in [6.45, 7) is 0.306. The normalized spacial score (nSPS) is 20.9. The predicted octanol–water partition coefficient (Wildman–Crippen LogP) is -0.923. The maximum Gasteiger partial charge on any atom is 0.329 e. The van der Waals surface area contributed by atoms with Crippen molar-refractivity contribution in [2.75, 3.05) is 19.8 Å². The average Bonchev–Trinajstić information content (AvgIpc) is 2.53. The van der Waals surface area contributed by atoms with Crippen LogP contribution in [0.15, 0.2) is 16.9 Å². The molecule has 0 aliphatic carbocycles. The molecule has 1 aliphatic heterocycles. The molecule has 1 aliphatic rings. The van der Waals surface area contributed by atoms with Gasteiger partial charge in [0.1, 0.15) is 12.7 Å². The number of aromatic nitrogens is 2. The molecule has 9 nitrogen and oxygen atoms in total. The lowest BCUT2D eigenvalue weighted by Gasteiger charge is -2.31. The molecule has 3 N–H and O–H groups in total. The van der Waals surface area contributed by atoms with Crippen LogP contribution in [0.3, 0.4) is 0 Å². The molecule has 1 fully saturated rings. The van der Waals surface area contributed by atoms with E-state index in [4.69, 9.17) is 14.6 Å². The van der Waals surface area contributed by atoms with Crippen LogP contribution >= 0.6 is 0 Å². The van der Waals surface area contributed by atoms with Gasteiger partial charge < -0.3 is 19.9 Å². The Hall–Kier alpha value is -2.26. The molecule has 1 aromatic heterocycles. The number of aromatic amines is 1. The van der Waals surface area contributed by atoms with Gasteiger partial charge in [-0.15, -0.1) is 0 Å². The van der Waals surface area contributed by atoms with Crippen LogP contribution < -0.4 is 10.9 Å². The first-order valence-corrected chi connectivity index (χ1v) is 7.29. The summed E-state index contributed by atoms with van der Waals surface area (Å²) in [5.41, 5.74) is 0.323. The highest BCUT2D eigenvalue weighted by atomic mass is 16.5. The van der Waals surface area contributed by atoms with Gasteiger partial charge in [0.05, 0.1) is 18.3 Å². The zero-order valence-electron chi connectivity index (χ0n) is 12.5. The minimum Gasteiger partial charge on any atom is -0.480 e. The first-order chi connectivity index (χ1) is 11.0. The lowest BCUT2D eigenvalue weighted by atomic mass is 10.1. The number of rotatable bonds is 7. The molecule has 0 aromatic carbocycles. The van der Waals surface area contributed by atoms with Gasteiger partial charge in [-0.25, -0.2) is 9.89 Å². The number of nitrogens with one attached hydrogen (secondary N) is 2. The third-order valence-electron chi connectivity index (χ3n) is 3.42. The summed E-state index contributed by atoms with van der Waals surface area (Å²) in [5, 5.41) is 17.6. The standard InChI is InChI=1S/C14H19N3O6/c18-12(3-1-9-2-4-13(19)17-16-9)15-10-5-6-22-7-11(10)23-8-14(20)21/h2,4,10-11H,1,3,5-8H2,(H,15,18)(H,17,19)(H,20,21)/t10-,11-/m1/s1. The van der Waals surface area contributed by atoms with Gasteiger partial charge in [0.25, 0.3) is 5.56 Å². The lowest BCUT2D eigenvalue weighted by molar-refractivity contribution is -0.149. The zero-order chi connectivity index (χ0) is 16.7. The average molecular weight is 325 g/mol. The maximum atomic E-state index is 12.0. The van der Waals surface area contributed by atoms with Gasteiger partial charge in [-0.1, -0.05) is 0 Å². The molecule has 1 saturated heterocycles. The van der Waals surface area contributed by atoms with E-state index in [1.165, 1.54) is 6.07 Å². The lowest BCUT2D eigenvalue weighted by Crippen LogP contribution is -2.50. The molecular weight excluding hydrogens is 306 g/mol. The molecule has 0 unspecified atom stereocenters. The fourth-order valence-corrected chi connectivity index (χ4v) is 2.25.